The van der Waals surface area contributed by atoms with Crippen molar-refractivity contribution >= 4 is 23.4 Å². The summed E-state index contributed by atoms with van der Waals surface area (Å²) in [6, 6.07) is 16.2. The Morgan fingerprint density at radius 1 is 1.12 bits per heavy atom. The predicted molar refractivity (Wildman–Crippen MR) is 108 cm³/mol. The second kappa shape index (κ2) is 8.72. The maximum atomic E-state index is 12.2. The van der Waals surface area contributed by atoms with Gasteiger partial charge in [-0.25, -0.2) is 0 Å². The molecule has 0 bridgehead atoms. The summed E-state index contributed by atoms with van der Waals surface area (Å²) < 4.78 is 1.86. The number of aryl methyl sites for hydroxylation is 2. The summed E-state index contributed by atoms with van der Waals surface area (Å²) in [7, 11) is 0. The SMILES string of the molecule is Cc1ccc(SCCC(=O)Nc2cccc(Cn3cccn3)c2)cc1C. The molecule has 1 amide bonds. The first-order chi connectivity index (χ1) is 12.6. The van der Waals surface area contributed by atoms with Gasteiger partial charge in [-0.05, 0) is 60.9 Å². The lowest BCUT2D eigenvalue weighted by molar-refractivity contribution is -0.115. The summed E-state index contributed by atoms with van der Waals surface area (Å²) in [6.45, 7) is 4.92. The number of carbonyl (C=O) groups excluding carboxylic acids is 1. The van der Waals surface area contributed by atoms with Gasteiger partial charge in [-0.1, -0.05) is 18.2 Å². The Labute approximate surface area is 158 Å². The molecule has 0 unspecified atom stereocenters. The number of amides is 1. The highest BCUT2D eigenvalue weighted by molar-refractivity contribution is 7.99. The molecule has 3 rings (SSSR count). The van der Waals surface area contributed by atoms with Gasteiger partial charge in [0.1, 0.15) is 0 Å². The molecule has 5 heteroatoms. The summed E-state index contributed by atoms with van der Waals surface area (Å²) >= 11 is 1.72. The molecule has 1 aromatic heterocycles. The molecule has 26 heavy (non-hydrogen) atoms. The first-order valence-corrected chi connectivity index (χ1v) is 9.65. The smallest absolute Gasteiger partial charge is 0.225 e. The average molecular weight is 366 g/mol. The van der Waals surface area contributed by atoms with Gasteiger partial charge in [0.05, 0.1) is 6.54 Å². The van der Waals surface area contributed by atoms with Crippen molar-refractivity contribution in [2.24, 2.45) is 0 Å². The third-order valence-electron chi connectivity index (χ3n) is 4.19. The van der Waals surface area contributed by atoms with Crippen molar-refractivity contribution in [3.8, 4) is 0 Å². The molecule has 0 radical (unpaired) electrons. The minimum Gasteiger partial charge on any atom is -0.326 e. The van der Waals surface area contributed by atoms with Crippen molar-refractivity contribution in [2.45, 2.75) is 31.7 Å². The minimum atomic E-state index is 0.0394. The highest BCUT2D eigenvalue weighted by atomic mass is 32.2. The maximum absolute atomic E-state index is 12.2. The molecule has 0 atom stereocenters. The standard InChI is InChI=1S/C21H23N3OS/c1-16-7-8-20(13-17(16)2)26-12-9-21(25)23-19-6-3-5-18(14-19)15-24-11-4-10-22-24/h3-8,10-11,13-14H,9,12,15H2,1-2H3,(H,23,25). The van der Waals surface area contributed by atoms with E-state index >= 15 is 0 Å². The summed E-state index contributed by atoms with van der Waals surface area (Å²) in [4.78, 5) is 13.4. The largest absolute Gasteiger partial charge is 0.326 e. The van der Waals surface area contributed by atoms with Crippen LogP contribution in [0.1, 0.15) is 23.1 Å². The Kier molecular flexibility index (Phi) is 6.12. The third kappa shape index (κ3) is 5.23. The summed E-state index contributed by atoms with van der Waals surface area (Å²) in [5.41, 5.74) is 4.52. The Balaban J connectivity index is 1.49. The lowest BCUT2D eigenvalue weighted by Crippen LogP contribution is -2.12. The molecule has 2 aromatic carbocycles. The number of hydrogen-bond acceptors (Lipinski definition) is 3. The fourth-order valence-corrected chi connectivity index (χ4v) is 3.56. The van der Waals surface area contributed by atoms with E-state index in [9.17, 15) is 4.79 Å². The third-order valence-corrected chi connectivity index (χ3v) is 5.19. The van der Waals surface area contributed by atoms with Crippen LogP contribution >= 0.6 is 11.8 Å². The topological polar surface area (TPSA) is 46.9 Å². The number of hydrogen-bond donors (Lipinski definition) is 1. The van der Waals surface area contributed by atoms with E-state index in [0.29, 0.717) is 13.0 Å². The fourth-order valence-electron chi connectivity index (χ4n) is 2.62. The van der Waals surface area contributed by atoms with Gasteiger partial charge in [0.15, 0.2) is 0 Å². The van der Waals surface area contributed by atoms with Gasteiger partial charge in [0, 0.05) is 35.2 Å². The highest BCUT2D eigenvalue weighted by Gasteiger charge is 2.05. The van der Waals surface area contributed by atoms with Gasteiger partial charge >= 0.3 is 0 Å². The molecule has 0 fully saturated rings. The summed E-state index contributed by atoms with van der Waals surface area (Å²) in [6.07, 6.45) is 4.18. The van der Waals surface area contributed by atoms with E-state index in [-0.39, 0.29) is 5.91 Å². The van der Waals surface area contributed by atoms with Crippen molar-refractivity contribution in [2.75, 3.05) is 11.1 Å². The van der Waals surface area contributed by atoms with Crippen molar-refractivity contribution < 1.29 is 4.79 Å². The zero-order chi connectivity index (χ0) is 18.4. The van der Waals surface area contributed by atoms with Crippen LogP contribution in [0.3, 0.4) is 0 Å². The summed E-state index contributed by atoms with van der Waals surface area (Å²) in [5.74, 6) is 0.805. The molecule has 0 saturated heterocycles. The first-order valence-electron chi connectivity index (χ1n) is 8.66. The van der Waals surface area contributed by atoms with Crippen molar-refractivity contribution in [3.63, 3.8) is 0 Å². The van der Waals surface area contributed by atoms with Crippen LogP contribution < -0.4 is 5.32 Å². The van der Waals surface area contributed by atoms with E-state index in [1.54, 1.807) is 18.0 Å². The van der Waals surface area contributed by atoms with E-state index in [4.69, 9.17) is 0 Å². The maximum Gasteiger partial charge on any atom is 0.225 e. The Morgan fingerprint density at radius 3 is 2.77 bits per heavy atom. The van der Waals surface area contributed by atoms with Crippen molar-refractivity contribution in [3.05, 3.63) is 77.6 Å². The summed E-state index contributed by atoms with van der Waals surface area (Å²) in [5, 5.41) is 7.20. The molecular weight excluding hydrogens is 342 g/mol. The van der Waals surface area contributed by atoms with Gasteiger partial charge in [0.2, 0.25) is 5.91 Å². The number of benzene rings is 2. The normalized spacial score (nSPS) is 10.7. The molecule has 0 aliphatic rings. The van der Waals surface area contributed by atoms with E-state index in [1.165, 1.54) is 16.0 Å². The first kappa shape index (κ1) is 18.3. The number of rotatable bonds is 7. The van der Waals surface area contributed by atoms with Crippen LogP contribution in [0.15, 0.2) is 65.8 Å². The molecule has 0 saturated carbocycles. The molecular formula is C21H23N3OS. The zero-order valence-electron chi connectivity index (χ0n) is 15.1. The highest BCUT2D eigenvalue weighted by Crippen LogP contribution is 2.22. The van der Waals surface area contributed by atoms with Crippen LogP contribution in [0, 0.1) is 13.8 Å². The van der Waals surface area contributed by atoms with Gasteiger partial charge < -0.3 is 5.32 Å². The van der Waals surface area contributed by atoms with E-state index < -0.39 is 0 Å². The average Bonchev–Trinajstić information content (AvgIpc) is 3.11. The second-order valence-electron chi connectivity index (χ2n) is 6.30. The van der Waals surface area contributed by atoms with Gasteiger partial charge in [0.25, 0.3) is 0 Å². The van der Waals surface area contributed by atoms with Crippen LogP contribution in [0.25, 0.3) is 0 Å². The van der Waals surface area contributed by atoms with Gasteiger partial charge in [-0.15, -0.1) is 11.8 Å². The van der Waals surface area contributed by atoms with Crippen LogP contribution in [0.4, 0.5) is 5.69 Å². The monoisotopic (exact) mass is 365 g/mol. The van der Waals surface area contributed by atoms with Crippen molar-refractivity contribution in [1.82, 2.24) is 9.78 Å². The Bertz CT molecular complexity index is 875. The van der Waals surface area contributed by atoms with E-state index in [1.807, 2.05) is 41.2 Å². The van der Waals surface area contributed by atoms with Crippen LogP contribution in [0.2, 0.25) is 0 Å². The minimum absolute atomic E-state index is 0.0394. The lowest BCUT2D eigenvalue weighted by Gasteiger charge is -2.08. The van der Waals surface area contributed by atoms with Crippen molar-refractivity contribution in [1.29, 1.82) is 0 Å². The van der Waals surface area contributed by atoms with Crippen LogP contribution in [-0.2, 0) is 11.3 Å². The lowest BCUT2D eigenvalue weighted by atomic mass is 10.1. The predicted octanol–water partition coefficient (Wildman–Crippen LogP) is 4.67. The Hall–Kier alpha value is -2.53. The fraction of sp³-hybridized carbons (Fsp3) is 0.238. The number of nitrogens with one attached hydrogen (secondary N) is 1. The molecule has 4 nitrogen and oxygen atoms in total. The van der Waals surface area contributed by atoms with Gasteiger partial charge in [-0.3, -0.25) is 9.48 Å². The molecule has 0 spiro atoms. The van der Waals surface area contributed by atoms with E-state index in [0.717, 1.165) is 17.0 Å². The number of aromatic nitrogens is 2. The number of carbonyl (C=O) groups is 1. The number of anilines is 1. The zero-order valence-corrected chi connectivity index (χ0v) is 15.9. The molecule has 0 aliphatic carbocycles. The van der Waals surface area contributed by atoms with E-state index in [2.05, 4.69) is 42.5 Å². The molecule has 134 valence electrons. The molecule has 0 aliphatic heterocycles. The Morgan fingerprint density at radius 2 is 2.00 bits per heavy atom. The quantitative estimate of drug-likeness (QED) is 0.619. The molecule has 3 aromatic rings. The molecule has 1 N–H and O–H groups in total. The number of nitrogens with zero attached hydrogens (tertiary/aromatic N) is 2. The second-order valence-corrected chi connectivity index (χ2v) is 7.47. The number of thioether (sulfide) groups is 1. The van der Waals surface area contributed by atoms with Gasteiger partial charge in [-0.2, -0.15) is 5.10 Å². The van der Waals surface area contributed by atoms with Crippen LogP contribution in [0.5, 0.6) is 0 Å². The molecule has 1 heterocycles. The van der Waals surface area contributed by atoms with Crippen LogP contribution in [-0.4, -0.2) is 21.4 Å².